The molecule has 1 aliphatic heterocycles. The van der Waals surface area contributed by atoms with E-state index in [4.69, 9.17) is 5.26 Å². The van der Waals surface area contributed by atoms with Gasteiger partial charge in [-0.15, -0.1) is 0 Å². The van der Waals surface area contributed by atoms with Gasteiger partial charge in [-0.05, 0) is 40.2 Å². The van der Waals surface area contributed by atoms with Crippen molar-refractivity contribution >= 4 is 0 Å². The number of likely N-dealkylation sites (tertiary alicyclic amines) is 1. The van der Waals surface area contributed by atoms with Crippen molar-refractivity contribution < 1.29 is 0 Å². The SMILES string of the molecule is CC1CCCC(C)(C#N)N1C. The third kappa shape index (κ3) is 1.39. The summed E-state index contributed by atoms with van der Waals surface area (Å²) in [6.07, 6.45) is 3.44. The largest absolute Gasteiger partial charge is 0.286 e. The highest BCUT2D eigenvalue weighted by Gasteiger charge is 2.35. The van der Waals surface area contributed by atoms with Crippen LogP contribution in [0.1, 0.15) is 33.1 Å². The van der Waals surface area contributed by atoms with Crippen molar-refractivity contribution in [2.45, 2.75) is 44.7 Å². The third-order valence-electron chi connectivity index (χ3n) is 2.97. The number of hydrogen-bond donors (Lipinski definition) is 0. The van der Waals surface area contributed by atoms with E-state index in [1.807, 2.05) is 14.0 Å². The Morgan fingerprint density at radius 2 is 2.27 bits per heavy atom. The molecule has 0 bridgehead atoms. The number of rotatable bonds is 0. The maximum atomic E-state index is 8.95. The van der Waals surface area contributed by atoms with E-state index in [1.165, 1.54) is 12.8 Å². The van der Waals surface area contributed by atoms with Gasteiger partial charge in [-0.1, -0.05) is 0 Å². The lowest BCUT2D eigenvalue weighted by Gasteiger charge is -2.41. The summed E-state index contributed by atoms with van der Waals surface area (Å²) in [5.74, 6) is 0. The highest BCUT2D eigenvalue weighted by molar-refractivity contribution is 5.07. The van der Waals surface area contributed by atoms with E-state index in [2.05, 4.69) is 17.9 Å². The van der Waals surface area contributed by atoms with Crippen LogP contribution in [0.2, 0.25) is 0 Å². The van der Waals surface area contributed by atoms with Crippen LogP contribution in [0.3, 0.4) is 0 Å². The van der Waals surface area contributed by atoms with E-state index in [0.717, 1.165) is 6.42 Å². The van der Waals surface area contributed by atoms with Gasteiger partial charge in [0.05, 0.1) is 6.07 Å². The second kappa shape index (κ2) is 2.83. The average Bonchev–Trinajstić information content (AvgIpc) is 2.00. The molecular formula is C9H16N2. The molecule has 62 valence electrons. The second-order valence-electron chi connectivity index (χ2n) is 3.74. The zero-order chi connectivity index (χ0) is 8.48. The molecule has 2 atom stereocenters. The first-order chi connectivity index (χ1) is 5.10. The Hall–Kier alpha value is -0.550. The fraction of sp³-hybridized carbons (Fsp3) is 0.889. The van der Waals surface area contributed by atoms with Crippen LogP contribution in [0.25, 0.3) is 0 Å². The van der Waals surface area contributed by atoms with Crippen LogP contribution in [0.4, 0.5) is 0 Å². The van der Waals surface area contributed by atoms with E-state index in [-0.39, 0.29) is 5.54 Å². The monoisotopic (exact) mass is 152 g/mol. The van der Waals surface area contributed by atoms with Crippen molar-refractivity contribution in [2.75, 3.05) is 7.05 Å². The van der Waals surface area contributed by atoms with Crippen molar-refractivity contribution in [3.8, 4) is 6.07 Å². The molecule has 1 heterocycles. The van der Waals surface area contributed by atoms with Crippen molar-refractivity contribution in [3.63, 3.8) is 0 Å². The summed E-state index contributed by atoms with van der Waals surface area (Å²) in [7, 11) is 2.05. The molecule has 0 radical (unpaired) electrons. The Morgan fingerprint density at radius 1 is 1.64 bits per heavy atom. The molecule has 1 fully saturated rings. The zero-order valence-corrected chi connectivity index (χ0v) is 7.59. The maximum Gasteiger partial charge on any atom is 0.106 e. The minimum Gasteiger partial charge on any atom is -0.286 e. The lowest BCUT2D eigenvalue weighted by atomic mass is 9.87. The molecule has 0 aromatic rings. The highest BCUT2D eigenvalue weighted by Crippen LogP contribution is 2.29. The van der Waals surface area contributed by atoms with Crippen molar-refractivity contribution in [1.29, 1.82) is 5.26 Å². The van der Waals surface area contributed by atoms with Crippen LogP contribution in [-0.2, 0) is 0 Å². The number of nitriles is 1. The van der Waals surface area contributed by atoms with Gasteiger partial charge < -0.3 is 0 Å². The quantitative estimate of drug-likeness (QED) is 0.529. The van der Waals surface area contributed by atoms with Crippen molar-refractivity contribution in [1.82, 2.24) is 4.90 Å². The lowest BCUT2D eigenvalue weighted by molar-refractivity contribution is 0.0875. The van der Waals surface area contributed by atoms with Crippen molar-refractivity contribution in [2.24, 2.45) is 0 Å². The van der Waals surface area contributed by atoms with Gasteiger partial charge in [0.15, 0.2) is 0 Å². The summed E-state index contributed by atoms with van der Waals surface area (Å²) < 4.78 is 0. The summed E-state index contributed by atoms with van der Waals surface area (Å²) in [6, 6.07) is 2.95. The smallest absolute Gasteiger partial charge is 0.106 e. The minimum absolute atomic E-state index is 0.211. The van der Waals surface area contributed by atoms with Gasteiger partial charge in [0.2, 0.25) is 0 Å². The zero-order valence-electron chi connectivity index (χ0n) is 7.59. The predicted octanol–water partition coefficient (Wildman–Crippen LogP) is 1.77. The first-order valence-electron chi connectivity index (χ1n) is 4.24. The molecule has 0 amide bonds. The molecule has 1 rings (SSSR count). The van der Waals surface area contributed by atoms with E-state index in [0.29, 0.717) is 6.04 Å². The number of hydrogen-bond acceptors (Lipinski definition) is 2. The van der Waals surface area contributed by atoms with Gasteiger partial charge >= 0.3 is 0 Å². The molecule has 0 spiro atoms. The molecule has 0 aromatic heterocycles. The minimum atomic E-state index is -0.211. The molecule has 2 heteroatoms. The van der Waals surface area contributed by atoms with E-state index >= 15 is 0 Å². The van der Waals surface area contributed by atoms with Gasteiger partial charge in [0.1, 0.15) is 5.54 Å². The summed E-state index contributed by atoms with van der Waals surface area (Å²) in [5.41, 5.74) is -0.211. The van der Waals surface area contributed by atoms with Gasteiger partial charge in [0, 0.05) is 6.04 Å². The number of nitrogens with zero attached hydrogens (tertiary/aromatic N) is 2. The molecule has 0 saturated carbocycles. The standard InChI is InChI=1S/C9H16N2/c1-8-5-4-6-9(2,7-10)11(8)3/h8H,4-6H2,1-3H3. The summed E-state index contributed by atoms with van der Waals surface area (Å²) in [5, 5.41) is 8.95. The van der Waals surface area contributed by atoms with Crippen LogP contribution < -0.4 is 0 Å². The average molecular weight is 152 g/mol. The Bertz CT molecular complexity index is 182. The maximum absolute atomic E-state index is 8.95. The van der Waals surface area contributed by atoms with Crippen LogP contribution >= 0.6 is 0 Å². The van der Waals surface area contributed by atoms with Crippen LogP contribution in [-0.4, -0.2) is 23.5 Å². The molecule has 0 aliphatic carbocycles. The molecule has 0 aromatic carbocycles. The van der Waals surface area contributed by atoms with Crippen molar-refractivity contribution in [3.05, 3.63) is 0 Å². The molecule has 1 saturated heterocycles. The van der Waals surface area contributed by atoms with Crippen LogP contribution in [0.15, 0.2) is 0 Å². The Balaban J connectivity index is 2.74. The topological polar surface area (TPSA) is 27.0 Å². The summed E-state index contributed by atoms with van der Waals surface area (Å²) in [6.45, 7) is 4.22. The Labute approximate surface area is 68.8 Å². The molecule has 0 N–H and O–H groups in total. The van der Waals surface area contributed by atoms with Crippen LogP contribution in [0, 0.1) is 11.3 Å². The van der Waals surface area contributed by atoms with E-state index in [9.17, 15) is 0 Å². The third-order valence-corrected chi connectivity index (χ3v) is 2.97. The lowest BCUT2D eigenvalue weighted by Crippen LogP contribution is -2.50. The molecule has 11 heavy (non-hydrogen) atoms. The first kappa shape index (κ1) is 8.55. The molecule has 1 aliphatic rings. The van der Waals surface area contributed by atoms with Gasteiger partial charge in [-0.25, -0.2) is 0 Å². The predicted molar refractivity (Wildman–Crippen MR) is 45.1 cm³/mol. The highest BCUT2D eigenvalue weighted by atomic mass is 15.2. The van der Waals surface area contributed by atoms with E-state index in [1.54, 1.807) is 0 Å². The molecule has 2 unspecified atom stereocenters. The van der Waals surface area contributed by atoms with Gasteiger partial charge in [-0.3, -0.25) is 4.90 Å². The summed E-state index contributed by atoms with van der Waals surface area (Å²) >= 11 is 0. The Morgan fingerprint density at radius 3 is 2.73 bits per heavy atom. The van der Waals surface area contributed by atoms with Gasteiger partial charge in [-0.2, -0.15) is 5.26 Å². The Kier molecular flexibility index (Phi) is 2.20. The molecular weight excluding hydrogens is 136 g/mol. The van der Waals surface area contributed by atoms with Gasteiger partial charge in [0.25, 0.3) is 0 Å². The molecule has 2 nitrogen and oxygen atoms in total. The second-order valence-corrected chi connectivity index (χ2v) is 3.74. The van der Waals surface area contributed by atoms with Crippen LogP contribution in [0.5, 0.6) is 0 Å². The fourth-order valence-corrected chi connectivity index (χ4v) is 1.73. The first-order valence-corrected chi connectivity index (χ1v) is 4.24. The summed E-state index contributed by atoms with van der Waals surface area (Å²) in [4.78, 5) is 2.19. The van der Waals surface area contributed by atoms with E-state index < -0.39 is 0 Å². The number of piperidine rings is 1. The fourth-order valence-electron chi connectivity index (χ4n) is 1.73. The normalized spacial score (nSPS) is 40.0.